The molecular formula is C37H37N2O3+. The molecule has 0 saturated heterocycles. The molecule has 0 N–H and O–H groups in total. The third kappa shape index (κ3) is 3.85. The number of carbonyl (C=O) groups excluding carboxylic acids is 1. The minimum absolute atomic E-state index is 0.243. The number of nitrogens with zero attached hydrogens (tertiary/aromatic N) is 2. The zero-order valence-electron chi connectivity index (χ0n) is 24.6. The Morgan fingerprint density at radius 3 is 2.50 bits per heavy atom. The molecule has 5 heterocycles. The number of hydrogen-bond acceptors (Lipinski definition) is 3. The number of pyridine rings is 1. The third-order valence-corrected chi connectivity index (χ3v) is 9.94. The monoisotopic (exact) mass is 557 g/mol. The van der Waals surface area contributed by atoms with Crippen molar-refractivity contribution < 1.29 is 19.2 Å². The van der Waals surface area contributed by atoms with E-state index in [1.165, 1.54) is 34.0 Å². The zero-order chi connectivity index (χ0) is 28.5. The number of benzene rings is 3. The highest BCUT2D eigenvalue weighted by Gasteiger charge is 2.34. The number of carbonyl (C=O) groups is 1. The largest absolute Gasteiger partial charge is 0.545 e. The van der Waals surface area contributed by atoms with Gasteiger partial charge in [0.1, 0.15) is 31.1 Å². The molecule has 4 aliphatic rings. The van der Waals surface area contributed by atoms with Gasteiger partial charge in [0.15, 0.2) is 6.20 Å². The van der Waals surface area contributed by atoms with Gasteiger partial charge in [-0.1, -0.05) is 32.0 Å². The molecule has 5 heteroatoms. The van der Waals surface area contributed by atoms with Crippen molar-refractivity contribution in [2.75, 3.05) is 13.1 Å². The van der Waals surface area contributed by atoms with Gasteiger partial charge in [-0.2, -0.15) is 4.57 Å². The molecule has 4 aliphatic heterocycles. The fourth-order valence-electron chi connectivity index (χ4n) is 7.95. The average molecular weight is 558 g/mol. The summed E-state index contributed by atoms with van der Waals surface area (Å²) in [6.45, 7) is 7.49. The van der Waals surface area contributed by atoms with Crippen LogP contribution >= 0.6 is 0 Å². The molecule has 0 saturated carbocycles. The summed E-state index contributed by atoms with van der Waals surface area (Å²) in [5, 5.41) is 16.2. The molecule has 0 fully saturated rings. The van der Waals surface area contributed by atoms with E-state index in [2.05, 4.69) is 59.5 Å². The van der Waals surface area contributed by atoms with Gasteiger partial charge in [0.2, 0.25) is 10.9 Å². The lowest BCUT2D eigenvalue weighted by Crippen LogP contribution is -2.41. The SMILES string of the molecule is CC(C)c1ccc(C(=O)[O-])c(C2=c3cc4c5c(c3Oc3c2cc2c6c3ccc[n+]6CCCC2)CCC[N+]=5CCCC4)c1. The van der Waals surface area contributed by atoms with Gasteiger partial charge in [-0.15, -0.1) is 0 Å². The molecular weight excluding hydrogens is 520 g/mol. The molecule has 5 nitrogen and oxygen atoms in total. The molecule has 4 aromatic rings. The molecule has 1 aromatic heterocycles. The third-order valence-electron chi connectivity index (χ3n) is 9.94. The summed E-state index contributed by atoms with van der Waals surface area (Å²) in [7, 11) is 0. The van der Waals surface area contributed by atoms with Crippen LogP contribution in [0.25, 0.3) is 16.5 Å². The topological polar surface area (TPSA) is 56.2 Å². The van der Waals surface area contributed by atoms with E-state index < -0.39 is 5.97 Å². The van der Waals surface area contributed by atoms with Crippen molar-refractivity contribution in [3.63, 3.8) is 0 Å². The van der Waals surface area contributed by atoms with E-state index in [-0.39, 0.29) is 11.5 Å². The molecule has 0 radical (unpaired) electrons. The molecule has 0 atom stereocenters. The van der Waals surface area contributed by atoms with Gasteiger partial charge in [-0.25, -0.2) is 4.58 Å². The summed E-state index contributed by atoms with van der Waals surface area (Å²) in [5.74, 6) is 0.900. The van der Waals surface area contributed by atoms with Crippen LogP contribution in [0.1, 0.15) is 95.6 Å². The normalized spacial score (nSPS) is 17.2. The van der Waals surface area contributed by atoms with Gasteiger partial charge < -0.3 is 14.6 Å². The molecule has 0 aliphatic carbocycles. The Kier molecular flexibility index (Phi) is 5.99. The van der Waals surface area contributed by atoms with Gasteiger partial charge in [-0.05, 0) is 67.3 Å². The summed E-state index contributed by atoms with van der Waals surface area (Å²) in [6.07, 6.45) is 10.9. The molecule has 42 heavy (non-hydrogen) atoms. The van der Waals surface area contributed by atoms with E-state index in [1.807, 2.05) is 6.07 Å². The summed E-state index contributed by atoms with van der Waals surface area (Å²) in [4.78, 5) is 12.7. The molecule has 0 spiro atoms. The second-order valence-electron chi connectivity index (χ2n) is 12.8. The van der Waals surface area contributed by atoms with Gasteiger partial charge in [0.05, 0.1) is 16.9 Å². The number of aromatic carboxylic acids is 1. The number of carboxylic acid groups (broad SMARTS) is 1. The average Bonchev–Trinajstić information content (AvgIpc) is 3.34. The highest BCUT2D eigenvalue weighted by Crippen LogP contribution is 2.44. The van der Waals surface area contributed by atoms with Crippen molar-refractivity contribution in [2.24, 2.45) is 0 Å². The highest BCUT2D eigenvalue weighted by atomic mass is 16.5. The fraction of sp³-hybridized carbons (Fsp3) is 0.378. The molecule has 212 valence electrons. The predicted octanol–water partition coefficient (Wildman–Crippen LogP) is 4.08. The van der Waals surface area contributed by atoms with E-state index in [1.54, 1.807) is 6.07 Å². The second-order valence-corrected chi connectivity index (χ2v) is 12.8. The first-order valence-electron chi connectivity index (χ1n) is 15.8. The zero-order valence-corrected chi connectivity index (χ0v) is 24.6. The first-order valence-corrected chi connectivity index (χ1v) is 15.8. The van der Waals surface area contributed by atoms with Crippen molar-refractivity contribution in [3.05, 3.63) is 98.2 Å². The smallest absolute Gasteiger partial charge is 0.219 e. The van der Waals surface area contributed by atoms with Crippen molar-refractivity contribution >= 4 is 22.4 Å². The number of rotatable bonds is 3. The van der Waals surface area contributed by atoms with Crippen molar-refractivity contribution in [2.45, 2.75) is 77.7 Å². The van der Waals surface area contributed by atoms with Crippen molar-refractivity contribution in [3.8, 4) is 11.5 Å². The lowest BCUT2D eigenvalue weighted by Gasteiger charge is -2.27. The van der Waals surface area contributed by atoms with Crippen molar-refractivity contribution in [1.82, 2.24) is 4.58 Å². The minimum Gasteiger partial charge on any atom is -0.545 e. The van der Waals surface area contributed by atoms with Crippen LogP contribution in [0.3, 0.4) is 0 Å². The lowest BCUT2D eigenvalue weighted by atomic mass is 9.83. The fourth-order valence-corrected chi connectivity index (χ4v) is 7.95. The summed E-state index contributed by atoms with van der Waals surface area (Å²) >= 11 is 0. The number of ether oxygens (including phenoxy) is 1. The number of carboxylic acids is 1. The summed E-state index contributed by atoms with van der Waals surface area (Å²) in [5.41, 5.74) is 9.30. The Morgan fingerprint density at radius 2 is 1.67 bits per heavy atom. The maximum atomic E-state index is 12.7. The molecule has 0 amide bonds. The standard InChI is InChI=1S/C37H37N2O3/c1-22(2)23-13-14-26(37(40)41)29(19-23)32-30-20-24-9-3-5-15-38-17-7-11-27(33(24)38)35(30)42-36-28-12-8-18-39-16-6-4-10-25(34(28)39)21-31(32)36/h7,11,13-14,17,19-22H,3-6,8-10,12,15-16,18H2,1-2H3/q+1. The van der Waals surface area contributed by atoms with E-state index in [0.717, 1.165) is 109 Å². The first-order chi connectivity index (χ1) is 20.5. The summed E-state index contributed by atoms with van der Waals surface area (Å²) < 4.78 is 12.1. The Hall–Kier alpha value is -3.99. The first kappa shape index (κ1) is 25.7. The lowest BCUT2D eigenvalue weighted by molar-refractivity contribution is -0.671. The molecule has 8 rings (SSSR count). The second kappa shape index (κ2) is 9.79. The summed E-state index contributed by atoms with van der Waals surface area (Å²) in [6, 6.07) is 14.8. The maximum Gasteiger partial charge on any atom is 0.219 e. The van der Waals surface area contributed by atoms with Gasteiger partial charge in [0.25, 0.3) is 0 Å². The predicted molar refractivity (Wildman–Crippen MR) is 162 cm³/mol. The van der Waals surface area contributed by atoms with Crippen LogP contribution in [-0.4, -0.2) is 19.1 Å². The quantitative estimate of drug-likeness (QED) is 0.314. The van der Waals surface area contributed by atoms with Gasteiger partial charge in [-0.3, -0.25) is 0 Å². The van der Waals surface area contributed by atoms with Gasteiger partial charge >= 0.3 is 0 Å². The van der Waals surface area contributed by atoms with Crippen LogP contribution in [-0.2, 0) is 25.8 Å². The van der Waals surface area contributed by atoms with Crippen LogP contribution in [0.15, 0.2) is 48.7 Å². The van der Waals surface area contributed by atoms with E-state index in [9.17, 15) is 9.90 Å². The highest BCUT2D eigenvalue weighted by molar-refractivity contribution is 6.01. The Bertz CT molecular complexity index is 1950. The van der Waals surface area contributed by atoms with E-state index in [0.29, 0.717) is 0 Å². The van der Waals surface area contributed by atoms with E-state index in [4.69, 9.17) is 4.74 Å². The van der Waals surface area contributed by atoms with Crippen LogP contribution in [0.5, 0.6) is 11.5 Å². The maximum absolute atomic E-state index is 12.7. The number of aryl methyl sites for hydroxylation is 3. The Morgan fingerprint density at radius 1 is 0.857 bits per heavy atom. The van der Waals surface area contributed by atoms with E-state index >= 15 is 0 Å². The van der Waals surface area contributed by atoms with Crippen LogP contribution in [0.2, 0.25) is 0 Å². The Labute approximate surface area is 246 Å². The number of hydrogen-bond donors (Lipinski definition) is 0. The number of fused-ring (bicyclic) bond motifs is 4. The van der Waals surface area contributed by atoms with Crippen LogP contribution in [0.4, 0.5) is 0 Å². The molecule has 3 aromatic carbocycles. The molecule has 0 bridgehead atoms. The Balaban J connectivity index is 1.57. The van der Waals surface area contributed by atoms with Gasteiger partial charge in [0, 0.05) is 58.4 Å². The van der Waals surface area contributed by atoms with Crippen molar-refractivity contribution in [1.29, 1.82) is 0 Å². The molecule has 0 unspecified atom stereocenters. The van der Waals surface area contributed by atoms with Crippen LogP contribution < -0.4 is 29.6 Å². The number of aromatic nitrogens is 1. The van der Waals surface area contributed by atoms with Crippen LogP contribution in [0, 0.1) is 0 Å². The minimum atomic E-state index is -1.14.